The number of amides is 1. The van der Waals surface area contributed by atoms with Crippen LogP contribution in [-0.2, 0) is 4.79 Å². The summed E-state index contributed by atoms with van der Waals surface area (Å²) in [6.07, 6.45) is 0.400. The van der Waals surface area contributed by atoms with Gasteiger partial charge in [0.2, 0.25) is 0 Å². The summed E-state index contributed by atoms with van der Waals surface area (Å²) < 4.78 is 5.26. The quantitative estimate of drug-likeness (QED) is 0.291. The zero-order chi connectivity index (χ0) is 12.5. The number of benzene rings is 1. The van der Waals surface area contributed by atoms with Gasteiger partial charge in [0, 0.05) is 6.42 Å². The van der Waals surface area contributed by atoms with Crippen molar-refractivity contribution in [3.63, 3.8) is 0 Å². The Kier molecular flexibility index (Phi) is 5.58. The maximum absolute atomic E-state index is 10.9. The van der Waals surface area contributed by atoms with Crippen LogP contribution in [0, 0.1) is 11.8 Å². The van der Waals surface area contributed by atoms with E-state index < -0.39 is 5.91 Å². The van der Waals surface area contributed by atoms with Crippen molar-refractivity contribution < 1.29 is 14.6 Å². The van der Waals surface area contributed by atoms with Gasteiger partial charge < -0.3 is 9.84 Å². The van der Waals surface area contributed by atoms with E-state index >= 15 is 0 Å². The van der Waals surface area contributed by atoms with Crippen LogP contribution in [0.15, 0.2) is 24.3 Å². The van der Waals surface area contributed by atoms with Crippen molar-refractivity contribution in [3.05, 3.63) is 29.8 Å². The third-order valence-electron chi connectivity index (χ3n) is 1.87. The molecule has 90 valence electrons. The van der Waals surface area contributed by atoms with Gasteiger partial charge >= 0.3 is 0 Å². The summed E-state index contributed by atoms with van der Waals surface area (Å²) in [4.78, 5) is 10.9. The molecule has 1 aromatic rings. The van der Waals surface area contributed by atoms with E-state index in [0.29, 0.717) is 17.7 Å². The van der Waals surface area contributed by atoms with Gasteiger partial charge in [0.05, 0.1) is 12.2 Å². The zero-order valence-electron chi connectivity index (χ0n) is 9.27. The Labute approximate surface area is 99.5 Å². The predicted octanol–water partition coefficient (Wildman–Crippen LogP) is -0.211. The monoisotopic (exact) mass is 234 g/mol. The molecule has 1 rings (SSSR count). The van der Waals surface area contributed by atoms with Gasteiger partial charge in [0.1, 0.15) is 5.75 Å². The van der Waals surface area contributed by atoms with Gasteiger partial charge in [-0.15, -0.1) is 0 Å². The molecule has 0 atom stereocenters. The number of aliphatic hydroxyl groups excluding tert-OH is 1. The van der Waals surface area contributed by atoms with Gasteiger partial charge in [-0.25, -0.2) is 5.84 Å². The molecule has 0 unspecified atom stereocenters. The van der Waals surface area contributed by atoms with Crippen molar-refractivity contribution in [2.45, 2.75) is 6.42 Å². The van der Waals surface area contributed by atoms with Gasteiger partial charge in [-0.2, -0.15) is 0 Å². The van der Waals surface area contributed by atoms with Crippen LogP contribution in [0.3, 0.4) is 0 Å². The highest BCUT2D eigenvalue weighted by atomic mass is 16.5. The molecule has 0 spiro atoms. The lowest BCUT2D eigenvalue weighted by Gasteiger charge is -2.06. The minimum absolute atomic E-state index is 0.0194. The Morgan fingerprint density at radius 1 is 1.47 bits per heavy atom. The number of aliphatic hydroxyl groups is 1. The minimum atomic E-state index is -0.414. The Bertz CT molecular complexity index is 435. The molecule has 4 N–H and O–H groups in total. The molecule has 0 heterocycles. The Morgan fingerprint density at radius 2 is 2.24 bits per heavy atom. The van der Waals surface area contributed by atoms with Crippen molar-refractivity contribution in [2.75, 3.05) is 13.2 Å². The van der Waals surface area contributed by atoms with Crippen LogP contribution >= 0.6 is 0 Å². The number of hydrazine groups is 1. The first-order valence-electron chi connectivity index (χ1n) is 5.09. The SMILES string of the molecule is NNC(=O)COc1ccccc1C#CCCO. The lowest BCUT2D eigenvalue weighted by Crippen LogP contribution is -2.34. The van der Waals surface area contributed by atoms with Crippen LogP contribution in [-0.4, -0.2) is 24.2 Å². The number of hydrogen-bond donors (Lipinski definition) is 3. The summed E-state index contributed by atoms with van der Waals surface area (Å²) in [5.41, 5.74) is 2.65. The average molecular weight is 234 g/mol. The van der Waals surface area contributed by atoms with Crippen molar-refractivity contribution >= 4 is 5.91 Å². The molecule has 5 heteroatoms. The van der Waals surface area contributed by atoms with Gasteiger partial charge in [-0.3, -0.25) is 10.2 Å². The average Bonchev–Trinajstić information content (AvgIpc) is 2.37. The molecule has 0 saturated heterocycles. The van der Waals surface area contributed by atoms with E-state index in [0.717, 1.165) is 0 Å². The molecule has 0 aliphatic rings. The van der Waals surface area contributed by atoms with Crippen LogP contribution in [0.1, 0.15) is 12.0 Å². The molecule has 0 fully saturated rings. The molecular weight excluding hydrogens is 220 g/mol. The van der Waals surface area contributed by atoms with E-state index in [-0.39, 0.29) is 13.2 Å². The summed E-state index contributed by atoms with van der Waals surface area (Å²) >= 11 is 0. The summed E-state index contributed by atoms with van der Waals surface area (Å²) in [5.74, 6) is 10.7. The molecule has 0 radical (unpaired) electrons. The van der Waals surface area contributed by atoms with Crippen LogP contribution in [0.4, 0.5) is 0 Å². The number of nitrogens with two attached hydrogens (primary N) is 1. The second-order valence-electron chi connectivity index (χ2n) is 3.13. The van der Waals surface area contributed by atoms with E-state index in [1.807, 2.05) is 11.5 Å². The molecule has 0 saturated carbocycles. The van der Waals surface area contributed by atoms with Crippen LogP contribution in [0.2, 0.25) is 0 Å². The largest absolute Gasteiger partial charge is 0.482 e. The normalized spacial score (nSPS) is 9.06. The van der Waals surface area contributed by atoms with Crippen molar-refractivity contribution in [1.29, 1.82) is 0 Å². The van der Waals surface area contributed by atoms with Crippen molar-refractivity contribution in [3.8, 4) is 17.6 Å². The lowest BCUT2D eigenvalue weighted by molar-refractivity contribution is -0.123. The van der Waals surface area contributed by atoms with Crippen LogP contribution in [0.5, 0.6) is 5.75 Å². The first kappa shape index (κ1) is 13.0. The fourth-order valence-electron chi connectivity index (χ4n) is 1.09. The fraction of sp³-hybridized carbons (Fsp3) is 0.250. The van der Waals surface area contributed by atoms with Gasteiger partial charge in [-0.05, 0) is 12.1 Å². The van der Waals surface area contributed by atoms with E-state index in [9.17, 15) is 4.79 Å². The maximum atomic E-state index is 10.9. The van der Waals surface area contributed by atoms with Crippen LogP contribution in [0.25, 0.3) is 0 Å². The van der Waals surface area contributed by atoms with Crippen molar-refractivity contribution in [2.24, 2.45) is 5.84 Å². The summed E-state index contributed by atoms with van der Waals surface area (Å²) in [5, 5.41) is 8.62. The minimum Gasteiger partial charge on any atom is -0.482 e. The number of nitrogens with one attached hydrogen (secondary N) is 1. The summed E-state index contributed by atoms with van der Waals surface area (Å²) in [6, 6.07) is 7.10. The van der Waals surface area contributed by atoms with E-state index in [1.165, 1.54) is 0 Å². The van der Waals surface area contributed by atoms with Gasteiger partial charge in [0.15, 0.2) is 6.61 Å². The number of ether oxygens (including phenoxy) is 1. The molecule has 17 heavy (non-hydrogen) atoms. The van der Waals surface area contributed by atoms with E-state index in [1.54, 1.807) is 18.2 Å². The molecule has 0 aliphatic carbocycles. The van der Waals surface area contributed by atoms with E-state index in [2.05, 4.69) is 11.8 Å². The topological polar surface area (TPSA) is 84.6 Å². The Hall–Kier alpha value is -2.03. The second kappa shape index (κ2) is 7.28. The Balaban J connectivity index is 2.71. The van der Waals surface area contributed by atoms with Gasteiger partial charge in [0.25, 0.3) is 5.91 Å². The predicted molar refractivity (Wildman–Crippen MR) is 62.8 cm³/mol. The molecule has 1 aromatic carbocycles. The van der Waals surface area contributed by atoms with Crippen molar-refractivity contribution in [1.82, 2.24) is 5.43 Å². The second-order valence-corrected chi connectivity index (χ2v) is 3.13. The molecule has 5 nitrogen and oxygen atoms in total. The number of para-hydroxylation sites is 1. The maximum Gasteiger partial charge on any atom is 0.271 e. The highest BCUT2D eigenvalue weighted by Crippen LogP contribution is 2.16. The van der Waals surface area contributed by atoms with Gasteiger partial charge in [-0.1, -0.05) is 24.0 Å². The molecule has 1 amide bonds. The summed E-state index contributed by atoms with van der Waals surface area (Å²) in [7, 11) is 0. The first-order valence-corrected chi connectivity index (χ1v) is 5.09. The molecular formula is C12H14N2O3. The third kappa shape index (κ3) is 4.55. The number of carbonyl (C=O) groups excluding carboxylic acids is 1. The third-order valence-corrected chi connectivity index (χ3v) is 1.87. The lowest BCUT2D eigenvalue weighted by atomic mass is 10.2. The first-order chi connectivity index (χ1) is 8.27. The highest BCUT2D eigenvalue weighted by molar-refractivity contribution is 5.76. The fourth-order valence-corrected chi connectivity index (χ4v) is 1.09. The van der Waals surface area contributed by atoms with Crippen LogP contribution < -0.4 is 16.0 Å². The highest BCUT2D eigenvalue weighted by Gasteiger charge is 2.03. The number of carbonyl (C=O) groups is 1. The number of rotatable bonds is 4. The van der Waals surface area contributed by atoms with E-state index in [4.69, 9.17) is 15.7 Å². The number of hydrogen-bond acceptors (Lipinski definition) is 4. The Morgan fingerprint density at radius 3 is 2.94 bits per heavy atom. The smallest absolute Gasteiger partial charge is 0.271 e. The molecule has 0 bridgehead atoms. The zero-order valence-corrected chi connectivity index (χ0v) is 9.27. The molecule has 0 aromatic heterocycles. The standard InChI is InChI=1S/C12H14N2O3/c13-14-12(16)9-17-11-7-2-1-5-10(11)6-3-4-8-15/h1-2,5,7,15H,4,8-9,13H2,(H,14,16). The molecule has 0 aliphatic heterocycles. The summed E-state index contributed by atoms with van der Waals surface area (Å²) in [6.45, 7) is -0.138.